The molecule has 2 aromatic carbocycles. The van der Waals surface area contributed by atoms with Crippen LogP contribution in [0.5, 0.6) is 5.75 Å². The first-order valence-corrected chi connectivity index (χ1v) is 8.06. The van der Waals surface area contributed by atoms with Crippen LogP contribution in [0.3, 0.4) is 0 Å². The van der Waals surface area contributed by atoms with Crippen LogP contribution < -0.4 is 10.5 Å². The quantitative estimate of drug-likeness (QED) is 0.773. The lowest BCUT2D eigenvalue weighted by Gasteiger charge is -2.21. The molecule has 0 saturated heterocycles. The predicted octanol–water partition coefficient (Wildman–Crippen LogP) is 5.35. The van der Waals surface area contributed by atoms with E-state index in [2.05, 4.69) is 52.0 Å². The Morgan fingerprint density at radius 3 is 2.13 bits per heavy atom. The molecule has 2 N–H and O–H groups in total. The summed E-state index contributed by atoms with van der Waals surface area (Å²) in [6.45, 7) is 9.18. The molecule has 0 aliphatic carbocycles. The standard InChI is InChI=1S/C20H27NO.ClH/c1-5-14(2)19(21)18-11-15(3)20(16(4)12-18)22-13-17-9-7-6-8-10-17;/h6-12,14,19H,5,13,21H2,1-4H3;1H/t14?,19-;/m1./s1. The SMILES string of the molecule is CCC(C)[C@@H](N)c1cc(C)c(OCc2ccccc2)c(C)c1.Cl. The van der Waals surface area contributed by atoms with E-state index >= 15 is 0 Å². The third kappa shape index (κ3) is 4.98. The zero-order valence-corrected chi connectivity index (χ0v) is 15.3. The van der Waals surface area contributed by atoms with Crippen molar-refractivity contribution in [3.8, 4) is 5.75 Å². The normalized spacial score (nSPS) is 13.1. The van der Waals surface area contributed by atoms with E-state index in [1.165, 1.54) is 11.1 Å². The Morgan fingerprint density at radius 2 is 1.61 bits per heavy atom. The van der Waals surface area contributed by atoms with Gasteiger partial charge in [0, 0.05) is 6.04 Å². The highest BCUT2D eigenvalue weighted by Crippen LogP contribution is 2.30. The summed E-state index contributed by atoms with van der Waals surface area (Å²) in [5, 5.41) is 0. The molecule has 0 aromatic heterocycles. The largest absolute Gasteiger partial charge is 0.488 e. The second-order valence-corrected chi connectivity index (χ2v) is 6.17. The average molecular weight is 334 g/mol. The molecule has 126 valence electrons. The van der Waals surface area contributed by atoms with E-state index in [9.17, 15) is 0 Å². The molecule has 0 amide bonds. The molecule has 0 aliphatic heterocycles. The fourth-order valence-corrected chi connectivity index (χ4v) is 2.72. The lowest BCUT2D eigenvalue weighted by atomic mass is 9.91. The molecule has 0 bridgehead atoms. The van der Waals surface area contributed by atoms with E-state index in [4.69, 9.17) is 10.5 Å². The van der Waals surface area contributed by atoms with E-state index in [1.807, 2.05) is 18.2 Å². The Bertz CT molecular complexity index is 589. The molecule has 0 aliphatic rings. The number of benzene rings is 2. The molecular formula is C20H28ClNO. The summed E-state index contributed by atoms with van der Waals surface area (Å²) >= 11 is 0. The minimum Gasteiger partial charge on any atom is -0.488 e. The minimum absolute atomic E-state index is 0. The van der Waals surface area contributed by atoms with Gasteiger partial charge in [-0.2, -0.15) is 0 Å². The van der Waals surface area contributed by atoms with Gasteiger partial charge in [0.05, 0.1) is 0 Å². The Hall–Kier alpha value is -1.51. The molecule has 2 atom stereocenters. The zero-order chi connectivity index (χ0) is 16.1. The van der Waals surface area contributed by atoms with Crippen molar-refractivity contribution in [3.63, 3.8) is 0 Å². The van der Waals surface area contributed by atoms with Crippen LogP contribution >= 0.6 is 12.4 Å². The fourth-order valence-electron chi connectivity index (χ4n) is 2.72. The summed E-state index contributed by atoms with van der Waals surface area (Å²) in [6.07, 6.45) is 1.09. The fraction of sp³-hybridized carbons (Fsp3) is 0.400. The van der Waals surface area contributed by atoms with Crippen molar-refractivity contribution in [2.45, 2.75) is 46.8 Å². The maximum atomic E-state index is 6.36. The Balaban J connectivity index is 0.00000264. The summed E-state index contributed by atoms with van der Waals surface area (Å²) in [4.78, 5) is 0. The molecule has 2 nitrogen and oxygen atoms in total. The van der Waals surface area contributed by atoms with Crippen LogP contribution in [0.2, 0.25) is 0 Å². The van der Waals surface area contributed by atoms with Crippen LogP contribution in [0.1, 0.15) is 48.6 Å². The number of aryl methyl sites for hydroxylation is 2. The third-order valence-corrected chi connectivity index (χ3v) is 4.35. The van der Waals surface area contributed by atoms with Gasteiger partial charge in [0.2, 0.25) is 0 Å². The highest BCUT2D eigenvalue weighted by molar-refractivity contribution is 5.85. The van der Waals surface area contributed by atoms with E-state index in [1.54, 1.807) is 0 Å². The van der Waals surface area contributed by atoms with Gasteiger partial charge >= 0.3 is 0 Å². The van der Waals surface area contributed by atoms with Gasteiger partial charge < -0.3 is 10.5 Å². The number of halogens is 1. The molecule has 0 spiro atoms. The first-order valence-electron chi connectivity index (χ1n) is 8.06. The summed E-state index contributed by atoms with van der Waals surface area (Å²) in [7, 11) is 0. The number of hydrogen-bond acceptors (Lipinski definition) is 2. The smallest absolute Gasteiger partial charge is 0.125 e. The van der Waals surface area contributed by atoms with Crippen molar-refractivity contribution in [2.24, 2.45) is 11.7 Å². The maximum Gasteiger partial charge on any atom is 0.125 e. The molecule has 3 heteroatoms. The van der Waals surface area contributed by atoms with E-state index in [0.29, 0.717) is 12.5 Å². The summed E-state index contributed by atoms with van der Waals surface area (Å²) < 4.78 is 6.03. The summed E-state index contributed by atoms with van der Waals surface area (Å²) in [5.41, 5.74) is 11.1. The molecule has 2 aromatic rings. The number of nitrogens with two attached hydrogens (primary N) is 1. The first-order chi connectivity index (χ1) is 10.5. The minimum atomic E-state index is 0. The van der Waals surface area contributed by atoms with E-state index in [0.717, 1.165) is 23.3 Å². The first kappa shape index (κ1) is 19.5. The molecule has 0 saturated carbocycles. The summed E-state index contributed by atoms with van der Waals surface area (Å²) in [5.74, 6) is 1.46. The van der Waals surface area contributed by atoms with Crippen molar-refractivity contribution in [3.05, 3.63) is 64.7 Å². The molecule has 1 unspecified atom stereocenters. The molecule has 23 heavy (non-hydrogen) atoms. The van der Waals surface area contributed by atoms with Gasteiger partial charge in [0.25, 0.3) is 0 Å². The molecule has 0 heterocycles. The van der Waals surface area contributed by atoms with Gasteiger partial charge in [-0.25, -0.2) is 0 Å². The van der Waals surface area contributed by atoms with Crippen LogP contribution in [0.4, 0.5) is 0 Å². The number of ether oxygens (including phenoxy) is 1. The molecule has 2 rings (SSSR count). The summed E-state index contributed by atoms with van der Waals surface area (Å²) in [6, 6.07) is 14.7. The maximum absolute atomic E-state index is 6.36. The average Bonchev–Trinajstić information content (AvgIpc) is 2.53. The predicted molar refractivity (Wildman–Crippen MR) is 100 cm³/mol. The monoisotopic (exact) mass is 333 g/mol. The van der Waals surface area contributed by atoms with E-state index < -0.39 is 0 Å². The van der Waals surface area contributed by atoms with Gasteiger partial charge in [-0.05, 0) is 42.0 Å². The van der Waals surface area contributed by atoms with Crippen molar-refractivity contribution in [2.75, 3.05) is 0 Å². The Morgan fingerprint density at radius 1 is 1.04 bits per heavy atom. The van der Waals surface area contributed by atoms with Crippen molar-refractivity contribution < 1.29 is 4.74 Å². The van der Waals surface area contributed by atoms with Crippen molar-refractivity contribution in [1.82, 2.24) is 0 Å². The van der Waals surface area contributed by atoms with Gasteiger partial charge in [-0.1, -0.05) is 62.7 Å². The van der Waals surface area contributed by atoms with Gasteiger partial charge in [-0.15, -0.1) is 12.4 Å². The number of hydrogen-bond donors (Lipinski definition) is 1. The highest BCUT2D eigenvalue weighted by Gasteiger charge is 2.16. The van der Waals surface area contributed by atoms with Crippen LogP contribution in [-0.4, -0.2) is 0 Å². The Kier molecular flexibility index (Phi) is 7.60. The van der Waals surface area contributed by atoms with E-state index in [-0.39, 0.29) is 18.4 Å². The highest BCUT2D eigenvalue weighted by atomic mass is 35.5. The van der Waals surface area contributed by atoms with Crippen molar-refractivity contribution >= 4 is 12.4 Å². The Labute approximate surface area is 146 Å². The van der Waals surface area contributed by atoms with Gasteiger partial charge in [0.1, 0.15) is 12.4 Å². The van der Waals surface area contributed by atoms with Gasteiger partial charge in [0.15, 0.2) is 0 Å². The van der Waals surface area contributed by atoms with Crippen LogP contribution in [0, 0.1) is 19.8 Å². The van der Waals surface area contributed by atoms with Crippen LogP contribution in [0.25, 0.3) is 0 Å². The van der Waals surface area contributed by atoms with Crippen LogP contribution in [-0.2, 0) is 6.61 Å². The second kappa shape index (κ2) is 8.95. The third-order valence-electron chi connectivity index (χ3n) is 4.35. The molecule has 0 radical (unpaired) electrons. The lowest BCUT2D eigenvalue weighted by molar-refractivity contribution is 0.301. The molecular weight excluding hydrogens is 306 g/mol. The number of rotatable bonds is 6. The van der Waals surface area contributed by atoms with Gasteiger partial charge in [-0.3, -0.25) is 0 Å². The van der Waals surface area contributed by atoms with Crippen LogP contribution in [0.15, 0.2) is 42.5 Å². The lowest BCUT2D eigenvalue weighted by Crippen LogP contribution is -2.19. The van der Waals surface area contributed by atoms with Crippen molar-refractivity contribution in [1.29, 1.82) is 0 Å². The second-order valence-electron chi connectivity index (χ2n) is 6.17. The zero-order valence-electron chi connectivity index (χ0n) is 14.5. The molecule has 0 fully saturated rings. The topological polar surface area (TPSA) is 35.2 Å².